The maximum Gasteiger partial charge on any atom is 0.0790 e. The van der Waals surface area contributed by atoms with Crippen molar-refractivity contribution < 1.29 is 4.84 Å². The summed E-state index contributed by atoms with van der Waals surface area (Å²) in [4.78, 5) is 4.68. The predicted molar refractivity (Wildman–Crippen MR) is 32.1 cm³/mol. The zero-order valence-electron chi connectivity index (χ0n) is 5.26. The van der Waals surface area contributed by atoms with Gasteiger partial charge in [-0.15, -0.1) is 0 Å². The molecule has 1 rings (SSSR count). The third-order valence-electron chi connectivity index (χ3n) is 1.84. The monoisotopic (exact) mass is 115 g/mol. The summed E-state index contributed by atoms with van der Waals surface area (Å²) in [5.41, 5.74) is 0. The number of hydrogen-bond donors (Lipinski definition) is 1. The largest absolute Gasteiger partial charge is 0.301 e. The van der Waals surface area contributed by atoms with E-state index < -0.39 is 0 Å². The summed E-state index contributed by atoms with van der Waals surface area (Å²) < 4.78 is 0. The van der Waals surface area contributed by atoms with E-state index in [0.717, 1.165) is 18.8 Å². The smallest absolute Gasteiger partial charge is 0.0790 e. The quantitative estimate of drug-likeness (QED) is 0.519. The van der Waals surface area contributed by atoms with E-state index in [1.165, 1.54) is 6.42 Å². The summed E-state index contributed by atoms with van der Waals surface area (Å²) >= 11 is 0. The van der Waals surface area contributed by atoms with Gasteiger partial charge in [0.15, 0.2) is 0 Å². The molecule has 2 atom stereocenters. The van der Waals surface area contributed by atoms with Crippen LogP contribution in [0, 0.1) is 5.92 Å². The molecule has 0 saturated heterocycles. The molecule has 8 heavy (non-hydrogen) atoms. The summed E-state index contributed by atoms with van der Waals surface area (Å²) in [6.45, 7) is 2.24. The van der Waals surface area contributed by atoms with Crippen LogP contribution in [-0.2, 0) is 4.84 Å². The van der Waals surface area contributed by atoms with Gasteiger partial charge < -0.3 is 4.84 Å². The second-order valence-corrected chi connectivity index (χ2v) is 2.68. The molecule has 2 nitrogen and oxygen atoms in total. The molecule has 2 N–H and O–H groups in total. The minimum Gasteiger partial charge on any atom is -0.301 e. The lowest BCUT2D eigenvalue weighted by molar-refractivity contribution is 0.0564. The minimum atomic E-state index is 0.352. The van der Waals surface area contributed by atoms with E-state index in [1.54, 1.807) is 0 Å². The Kier molecular flexibility index (Phi) is 1.86. The van der Waals surface area contributed by atoms with Crippen molar-refractivity contribution in [3.8, 4) is 0 Å². The van der Waals surface area contributed by atoms with Gasteiger partial charge in [-0.05, 0) is 25.2 Å². The Balaban J connectivity index is 2.22. The fraction of sp³-hybridized carbons (Fsp3) is 1.00. The lowest BCUT2D eigenvalue weighted by Gasteiger charge is -2.03. The summed E-state index contributed by atoms with van der Waals surface area (Å²) in [5, 5.41) is 0. The lowest BCUT2D eigenvalue weighted by atomic mass is 10.1. The summed E-state index contributed by atoms with van der Waals surface area (Å²) in [6.07, 6.45) is 3.93. The molecule has 2 heteroatoms. The Morgan fingerprint density at radius 1 is 1.50 bits per heavy atom. The summed E-state index contributed by atoms with van der Waals surface area (Å²) in [7, 11) is 0. The predicted octanol–water partition coefficient (Wildman–Crippen LogP) is 1.07. The van der Waals surface area contributed by atoms with E-state index in [2.05, 4.69) is 11.8 Å². The van der Waals surface area contributed by atoms with Crippen molar-refractivity contribution in [2.75, 3.05) is 0 Å². The first kappa shape index (κ1) is 6.05. The van der Waals surface area contributed by atoms with Gasteiger partial charge in [0.05, 0.1) is 6.10 Å². The van der Waals surface area contributed by atoms with Gasteiger partial charge in [-0.3, -0.25) is 0 Å². The van der Waals surface area contributed by atoms with Gasteiger partial charge in [-0.2, -0.15) is 0 Å². The fourth-order valence-corrected chi connectivity index (χ4v) is 1.28. The zero-order chi connectivity index (χ0) is 5.98. The molecule has 0 radical (unpaired) electrons. The number of rotatable bonds is 1. The summed E-state index contributed by atoms with van der Waals surface area (Å²) in [6, 6.07) is 0. The van der Waals surface area contributed by atoms with Crippen LogP contribution >= 0.6 is 0 Å². The molecule has 1 saturated carbocycles. The van der Waals surface area contributed by atoms with Gasteiger partial charge in [-0.1, -0.05) is 6.92 Å². The highest BCUT2D eigenvalue weighted by atomic mass is 16.6. The van der Waals surface area contributed by atoms with Crippen molar-refractivity contribution in [3.63, 3.8) is 0 Å². The molecule has 0 amide bonds. The molecule has 1 aliphatic rings. The van der Waals surface area contributed by atoms with Gasteiger partial charge in [-0.25, -0.2) is 5.90 Å². The SMILES string of the molecule is CC1CCC(ON)C1. The van der Waals surface area contributed by atoms with E-state index in [9.17, 15) is 0 Å². The molecule has 0 heterocycles. The molecule has 1 fully saturated rings. The van der Waals surface area contributed by atoms with Crippen LogP contribution in [0.1, 0.15) is 26.2 Å². The first-order valence-corrected chi connectivity index (χ1v) is 3.18. The number of nitrogens with two attached hydrogens (primary N) is 1. The first-order chi connectivity index (χ1) is 3.83. The van der Waals surface area contributed by atoms with E-state index in [-0.39, 0.29) is 0 Å². The van der Waals surface area contributed by atoms with Crippen LogP contribution in [0.25, 0.3) is 0 Å². The summed E-state index contributed by atoms with van der Waals surface area (Å²) in [5.74, 6) is 5.82. The van der Waals surface area contributed by atoms with Crippen LogP contribution in [0.2, 0.25) is 0 Å². The molecule has 48 valence electrons. The molecule has 0 aliphatic heterocycles. The van der Waals surface area contributed by atoms with Crippen molar-refractivity contribution in [1.29, 1.82) is 0 Å². The molecule has 0 aromatic carbocycles. The van der Waals surface area contributed by atoms with Crippen molar-refractivity contribution in [2.45, 2.75) is 32.3 Å². The van der Waals surface area contributed by atoms with E-state index in [1.807, 2.05) is 0 Å². The molecule has 0 spiro atoms. The maximum atomic E-state index is 5.00. The highest BCUT2D eigenvalue weighted by molar-refractivity contribution is 4.71. The molecule has 0 aromatic rings. The van der Waals surface area contributed by atoms with Gasteiger partial charge in [0.25, 0.3) is 0 Å². The lowest BCUT2D eigenvalue weighted by Crippen LogP contribution is -2.12. The zero-order valence-corrected chi connectivity index (χ0v) is 5.26. The first-order valence-electron chi connectivity index (χ1n) is 3.18. The molecule has 1 aliphatic carbocycles. The molecule has 0 aromatic heterocycles. The Hall–Kier alpha value is -0.0800. The fourth-order valence-electron chi connectivity index (χ4n) is 1.28. The molecular formula is C6H13NO. The van der Waals surface area contributed by atoms with Crippen LogP contribution < -0.4 is 5.90 Å². The standard InChI is InChI=1S/C6H13NO/c1-5-2-3-6(4-5)8-7/h5-6H,2-4,7H2,1H3. The van der Waals surface area contributed by atoms with Crippen molar-refractivity contribution in [1.82, 2.24) is 0 Å². The Morgan fingerprint density at radius 2 is 2.25 bits per heavy atom. The third kappa shape index (κ3) is 1.20. The van der Waals surface area contributed by atoms with Crippen LogP contribution in [0.3, 0.4) is 0 Å². The van der Waals surface area contributed by atoms with E-state index in [4.69, 9.17) is 5.90 Å². The van der Waals surface area contributed by atoms with Crippen LogP contribution in [0.5, 0.6) is 0 Å². The van der Waals surface area contributed by atoms with Crippen LogP contribution in [0.4, 0.5) is 0 Å². The second-order valence-electron chi connectivity index (χ2n) is 2.68. The van der Waals surface area contributed by atoms with Gasteiger partial charge >= 0.3 is 0 Å². The topological polar surface area (TPSA) is 35.2 Å². The average molecular weight is 115 g/mol. The van der Waals surface area contributed by atoms with Crippen molar-refractivity contribution in [2.24, 2.45) is 11.8 Å². The van der Waals surface area contributed by atoms with Gasteiger partial charge in [0, 0.05) is 0 Å². The minimum absolute atomic E-state index is 0.352. The van der Waals surface area contributed by atoms with Crippen molar-refractivity contribution >= 4 is 0 Å². The van der Waals surface area contributed by atoms with Gasteiger partial charge in [0.2, 0.25) is 0 Å². The Bertz CT molecular complexity index is 74.9. The normalized spacial score (nSPS) is 38.2. The average Bonchev–Trinajstić information content (AvgIpc) is 2.14. The number of hydrogen-bond acceptors (Lipinski definition) is 2. The molecule has 2 unspecified atom stereocenters. The Labute approximate surface area is 50.0 Å². The van der Waals surface area contributed by atoms with Crippen molar-refractivity contribution in [3.05, 3.63) is 0 Å². The van der Waals surface area contributed by atoms with E-state index >= 15 is 0 Å². The third-order valence-corrected chi connectivity index (χ3v) is 1.84. The Morgan fingerprint density at radius 3 is 2.50 bits per heavy atom. The van der Waals surface area contributed by atoms with Gasteiger partial charge in [0.1, 0.15) is 0 Å². The van der Waals surface area contributed by atoms with Crippen LogP contribution in [-0.4, -0.2) is 6.10 Å². The molecule has 0 bridgehead atoms. The highest BCUT2D eigenvalue weighted by Gasteiger charge is 2.20. The highest BCUT2D eigenvalue weighted by Crippen LogP contribution is 2.25. The van der Waals surface area contributed by atoms with E-state index in [0.29, 0.717) is 6.10 Å². The van der Waals surface area contributed by atoms with Crippen LogP contribution in [0.15, 0.2) is 0 Å². The second kappa shape index (κ2) is 2.46. The molecular weight excluding hydrogens is 102 g/mol. The maximum absolute atomic E-state index is 5.00.